The van der Waals surface area contributed by atoms with Crippen LogP contribution in [0.25, 0.3) is 21.5 Å². The Bertz CT molecular complexity index is 1830. The Kier molecular flexibility index (Phi) is 8.55. The Labute approximate surface area is 263 Å². The predicted octanol–water partition coefficient (Wildman–Crippen LogP) is 5.59. The molecule has 0 aliphatic heterocycles. The summed E-state index contributed by atoms with van der Waals surface area (Å²) in [4.78, 5) is 0.0610. The number of rotatable bonds is 7. The molecule has 0 bridgehead atoms. The summed E-state index contributed by atoms with van der Waals surface area (Å²) in [5.41, 5.74) is 2.30. The SMILES string of the molecule is COc1c2ccccc2c(OC)c2c(S(=O)(=O)O[I+](c3ccc(C(C)(C)C)cc3)c3ccc(C(C)(C)C)cc3)cccc12. The molecule has 0 aromatic heterocycles. The van der Waals surface area contributed by atoms with Crippen LogP contribution in [0.5, 0.6) is 11.5 Å². The van der Waals surface area contributed by atoms with E-state index in [-0.39, 0.29) is 15.7 Å². The van der Waals surface area contributed by atoms with Gasteiger partial charge in [-0.25, -0.2) is 0 Å². The summed E-state index contributed by atoms with van der Waals surface area (Å²) in [7, 11) is -1.10. The fraction of sp³-hybridized carbons (Fsp3) is 0.278. The van der Waals surface area contributed by atoms with E-state index in [2.05, 4.69) is 65.8 Å². The van der Waals surface area contributed by atoms with E-state index >= 15 is 0 Å². The van der Waals surface area contributed by atoms with E-state index in [9.17, 15) is 8.42 Å². The van der Waals surface area contributed by atoms with Gasteiger partial charge in [-0.15, -0.1) is 0 Å². The Hall–Kier alpha value is -3.14. The minimum atomic E-state index is -4.25. The monoisotopic (exact) mass is 710 g/mol. The molecule has 5 nitrogen and oxygen atoms in total. The van der Waals surface area contributed by atoms with E-state index in [1.165, 1.54) is 11.1 Å². The second kappa shape index (κ2) is 11.7. The molecule has 225 valence electrons. The first kappa shape index (κ1) is 31.3. The van der Waals surface area contributed by atoms with Crippen molar-refractivity contribution in [3.05, 3.63) is 109 Å². The highest BCUT2D eigenvalue weighted by Gasteiger charge is 2.39. The van der Waals surface area contributed by atoms with Crippen molar-refractivity contribution in [2.75, 3.05) is 14.2 Å². The third-order valence-electron chi connectivity index (χ3n) is 7.55. The molecular formula is C36H39IO5S+. The molecule has 0 spiro atoms. The van der Waals surface area contributed by atoms with Crippen LogP contribution in [0.3, 0.4) is 0 Å². The Morgan fingerprint density at radius 3 is 1.44 bits per heavy atom. The van der Waals surface area contributed by atoms with E-state index in [1.54, 1.807) is 26.4 Å². The molecular weight excluding hydrogens is 671 g/mol. The van der Waals surface area contributed by atoms with Gasteiger partial charge in [0.05, 0.1) is 14.2 Å². The van der Waals surface area contributed by atoms with Gasteiger partial charge in [0.1, 0.15) is 16.4 Å². The van der Waals surface area contributed by atoms with E-state index < -0.39 is 30.4 Å². The highest BCUT2D eigenvalue weighted by Crippen LogP contribution is 2.45. The van der Waals surface area contributed by atoms with Gasteiger partial charge in [0.2, 0.25) is 0 Å². The zero-order chi connectivity index (χ0) is 31.2. The largest absolute Gasteiger partial charge is 0.495 e. The molecule has 0 amide bonds. The normalized spacial score (nSPS) is 12.7. The molecule has 0 saturated heterocycles. The molecule has 0 aliphatic rings. The third kappa shape index (κ3) is 6.12. The van der Waals surface area contributed by atoms with Gasteiger partial charge in [-0.2, -0.15) is 8.42 Å². The number of benzene rings is 5. The van der Waals surface area contributed by atoms with Gasteiger partial charge in [0, 0.05) is 21.5 Å². The van der Waals surface area contributed by atoms with Crippen LogP contribution in [0, 0.1) is 7.14 Å². The Balaban J connectivity index is 1.69. The van der Waals surface area contributed by atoms with Crippen LogP contribution in [0.1, 0.15) is 52.7 Å². The second-order valence-corrected chi connectivity index (χ2v) is 19.0. The number of hydrogen-bond acceptors (Lipinski definition) is 5. The van der Waals surface area contributed by atoms with Crippen LogP contribution in [-0.4, -0.2) is 22.6 Å². The summed E-state index contributed by atoms with van der Waals surface area (Å²) < 4.78 is 48.6. The smallest absolute Gasteiger partial charge is 0.336 e. The van der Waals surface area contributed by atoms with Gasteiger partial charge in [0.25, 0.3) is 0 Å². The zero-order valence-electron chi connectivity index (χ0n) is 26.0. The summed E-state index contributed by atoms with van der Waals surface area (Å²) >= 11 is -2.97. The van der Waals surface area contributed by atoms with Gasteiger partial charge in [0.15, 0.2) is 7.14 Å². The van der Waals surface area contributed by atoms with Gasteiger partial charge in [-0.05, 0) is 54.8 Å². The molecule has 43 heavy (non-hydrogen) atoms. The standard InChI is InChI=1S/C36H39IO5S/c1-35(2,3)24-16-20-26(21-17-24)37(27-22-18-25(19-23-27)36(4,5)6)42-43(38,39)31-15-11-14-30-32(31)34(41-8)29-13-10-9-12-28(29)33(30)40-7/h9-23H,1-8H3/q+1. The molecule has 0 saturated carbocycles. The summed E-state index contributed by atoms with van der Waals surface area (Å²) in [5.74, 6) is 1.06. The topological polar surface area (TPSA) is 61.8 Å². The van der Waals surface area contributed by atoms with Crippen LogP contribution in [0.4, 0.5) is 0 Å². The molecule has 0 aliphatic carbocycles. The minimum Gasteiger partial charge on any atom is -0.495 e. The summed E-state index contributed by atoms with van der Waals surface area (Å²) in [6, 6.07) is 29.3. The molecule has 5 aromatic carbocycles. The molecule has 5 aromatic rings. The molecule has 0 N–H and O–H groups in total. The highest BCUT2D eigenvalue weighted by atomic mass is 127. The first-order chi connectivity index (χ1) is 20.3. The molecule has 5 rings (SSSR count). The van der Waals surface area contributed by atoms with E-state index in [0.717, 1.165) is 17.9 Å². The fourth-order valence-corrected chi connectivity index (χ4v) is 12.3. The average molecular weight is 711 g/mol. The van der Waals surface area contributed by atoms with E-state index in [0.29, 0.717) is 22.3 Å². The number of halogens is 1. The minimum absolute atomic E-state index is 0.0276. The Morgan fingerprint density at radius 1 is 0.558 bits per heavy atom. The molecule has 1 radical (unpaired) electrons. The van der Waals surface area contributed by atoms with Crippen molar-refractivity contribution in [1.82, 2.24) is 0 Å². The van der Waals surface area contributed by atoms with Crippen molar-refractivity contribution < 1.29 is 40.6 Å². The van der Waals surface area contributed by atoms with Crippen LogP contribution >= 0.6 is 0 Å². The predicted molar refractivity (Wildman–Crippen MR) is 171 cm³/mol. The van der Waals surface area contributed by atoms with Crippen molar-refractivity contribution in [3.63, 3.8) is 0 Å². The lowest BCUT2D eigenvalue weighted by atomic mass is 9.87. The number of hydrogen-bond donors (Lipinski definition) is 0. The first-order valence-corrected chi connectivity index (χ1v) is 18.6. The van der Waals surface area contributed by atoms with E-state index in [1.807, 2.05) is 54.6 Å². The first-order valence-electron chi connectivity index (χ1n) is 14.2. The van der Waals surface area contributed by atoms with Gasteiger partial charge in [-0.1, -0.05) is 102 Å². The highest BCUT2D eigenvalue weighted by molar-refractivity contribution is 7.86. The van der Waals surface area contributed by atoms with Gasteiger partial charge < -0.3 is 9.47 Å². The molecule has 0 fully saturated rings. The van der Waals surface area contributed by atoms with Crippen molar-refractivity contribution in [1.29, 1.82) is 0 Å². The summed E-state index contributed by atoms with van der Waals surface area (Å²) in [5, 5.41) is 2.70. The third-order valence-corrected chi connectivity index (χ3v) is 14.9. The molecule has 0 unspecified atom stereocenters. The average Bonchev–Trinajstić information content (AvgIpc) is 2.97. The van der Waals surface area contributed by atoms with Crippen LogP contribution in [-0.2, 0) is 23.5 Å². The number of fused-ring (bicyclic) bond motifs is 2. The van der Waals surface area contributed by atoms with Crippen molar-refractivity contribution in [3.8, 4) is 11.5 Å². The van der Waals surface area contributed by atoms with Crippen LogP contribution in [0.2, 0.25) is 0 Å². The van der Waals surface area contributed by atoms with Crippen LogP contribution in [0.15, 0.2) is 95.9 Å². The maximum atomic E-state index is 14.4. The van der Waals surface area contributed by atoms with E-state index in [4.69, 9.17) is 12.0 Å². The second-order valence-electron chi connectivity index (χ2n) is 12.6. The quantitative estimate of drug-likeness (QED) is 0.163. The fourth-order valence-electron chi connectivity index (χ4n) is 5.20. The maximum Gasteiger partial charge on any atom is 0.336 e. The zero-order valence-corrected chi connectivity index (χ0v) is 29.0. The summed E-state index contributed by atoms with van der Waals surface area (Å²) in [6.45, 7) is 13.0. The molecule has 7 heteroatoms. The Morgan fingerprint density at radius 2 is 1.00 bits per heavy atom. The lowest BCUT2D eigenvalue weighted by molar-refractivity contribution is -1.03. The lowest BCUT2D eigenvalue weighted by Crippen LogP contribution is -3.85. The maximum absolute atomic E-state index is 14.4. The number of ether oxygens (including phenoxy) is 2. The molecule has 0 atom stereocenters. The van der Waals surface area contributed by atoms with Gasteiger partial charge in [-0.3, -0.25) is 0 Å². The number of methoxy groups -OCH3 is 2. The van der Waals surface area contributed by atoms with Crippen molar-refractivity contribution in [2.24, 2.45) is 0 Å². The van der Waals surface area contributed by atoms with Crippen molar-refractivity contribution >= 4 is 31.7 Å². The van der Waals surface area contributed by atoms with Crippen LogP contribution < -0.4 is 29.7 Å². The lowest BCUT2D eigenvalue weighted by Gasteiger charge is -2.19. The van der Waals surface area contributed by atoms with Crippen molar-refractivity contribution in [2.45, 2.75) is 57.3 Å². The summed E-state index contributed by atoms with van der Waals surface area (Å²) in [6.07, 6.45) is 0. The molecule has 0 heterocycles. The van der Waals surface area contributed by atoms with Gasteiger partial charge >= 0.3 is 30.4 Å².